The molecule has 1 aliphatic rings. The highest BCUT2D eigenvalue weighted by Crippen LogP contribution is 2.40. The van der Waals surface area contributed by atoms with Crippen LogP contribution in [0.4, 0.5) is 0 Å². The van der Waals surface area contributed by atoms with Gasteiger partial charge in [0.15, 0.2) is 5.78 Å². The van der Waals surface area contributed by atoms with Crippen molar-refractivity contribution in [2.45, 2.75) is 33.6 Å². The number of carbonyl (C=O) groups is 2. The molecule has 1 aromatic carbocycles. The van der Waals surface area contributed by atoms with Crippen LogP contribution < -0.4 is 0 Å². The van der Waals surface area contributed by atoms with Crippen LogP contribution in [0.15, 0.2) is 36.1 Å². The Morgan fingerprint density at radius 3 is 2.37 bits per heavy atom. The number of carbonyl (C=O) groups excluding carboxylic acids is 2. The largest absolute Gasteiger partial charge is 0.430 e. The Morgan fingerprint density at radius 1 is 1.16 bits per heavy atom. The normalized spacial score (nSPS) is 18.4. The van der Waals surface area contributed by atoms with Gasteiger partial charge in [0.2, 0.25) is 0 Å². The Labute approximate surface area is 113 Å². The maximum atomic E-state index is 12.4. The van der Waals surface area contributed by atoms with Gasteiger partial charge in [-0.15, -0.1) is 0 Å². The summed E-state index contributed by atoms with van der Waals surface area (Å²) in [7, 11) is 0. The average molecular weight is 258 g/mol. The minimum atomic E-state index is -0.381. The van der Waals surface area contributed by atoms with Crippen LogP contribution in [0.2, 0.25) is 0 Å². The van der Waals surface area contributed by atoms with E-state index in [1.807, 2.05) is 44.2 Å². The summed E-state index contributed by atoms with van der Waals surface area (Å²) < 4.78 is 5.28. The maximum absolute atomic E-state index is 12.4. The van der Waals surface area contributed by atoms with Crippen molar-refractivity contribution >= 4 is 17.3 Å². The van der Waals surface area contributed by atoms with Gasteiger partial charge in [0.1, 0.15) is 5.76 Å². The molecule has 0 N–H and O–H groups in total. The number of rotatable bonds is 2. The molecule has 0 saturated heterocycles. The van der Waals surface area contributed by atoms with Crippen LogP contribution in [0.3, 0.4) is 0 Å². The predicted octanol–water partition coefficient (Wildman–Crippen LogP) is 3.35. The third kappa shape index (κ3) is 3.11. The summed E-state index contributed by atoms with van der Waals surface area (Å²) in [5, 5.41) is 0. The second kappa shape index (κ2) is 5.00. The third-order valence-corrected chi connectivity index (χ3v) is 3.17. The second-order valence-corrected chi connectivity index (χ2v) is 5.70. The van der Waals surface area contributed by atoms with E-state index in [0.717, 1.165) is 5.56 Å². The first-order chi connectivity index (χ1) is 8.89. The van der Waals surface area contributed by atoms with E-state index in [1.165, 1.54) is 6.92 Å². The Bertz CT molecular complexity index is 538. The molecule has 0 aliphatic heterocycles. The Hall–Kier alpha value is -1.90. The van der Waals surface area contributed by atoms with Gasteiger partial charge in [-0.25, -0.2) is 0 Å². The first-order valence-corrected chi connectivity index (χ1v) is 6.39. The van der Waals surface area contributed by atoms with Crippen LogP contribution in [-0.4, -0.2) is 11.8 Å². The predicted molar refractivity (Wildman–Crippen MR) is 73.2 cm³/mol. The van der Waals surface area contributed by atoms with Crippen LogP contribution in [0.25, 0.3) is 5.57 Å². The molecule has 0 spiro atoms. The van der Waals surface area contributed by atoms with Gasteiger partial charge in [-0.3, -0.25) is 9.59 Å². The van der Waals surface area contributed by atoms with Crippen molar-refractivity contribution in [2.24, 2.45) is 5.41 Å². The van der Waals surface area contributed by atoms with Crippen LogP contribution in [0, 0.1) is 5.41 Å². The van der Waals surface area contributed by atoms with Gasteiger partial charge in [0, 0.05) is 19.8 Å². The molecule has 0 heterocycles. The van der Waals surface area contributed by atoms with E-state index in [-0.39, 0.29) is 17.2 Å². The lowest BCUT2D eigenvalue weighted by molar-refractivity contribution is -0.137. The standard InChI is InChI=1S/C16H18O3/c1-11(17)19-14-10-16(2,3)9-13(18)15(14)12-7-5-4-6-8-12/h4-8H,9-10H2,1-3H3. The second-order valence-electron chi connectivity index (χ2n) is 5.70. The maximum Gasteiger partial charge on any atom is 0.307 e. The molecular formula is C16H18O3. The lowest BCUT2D eigenvalue weighted by atomic mass is 9.75. The van der Waals surface area contributed by atoms with Gasteiger partial charge in [-0.05, 0) is 11.0 Å². The van der Waals surface area contributed by atoms with E-state index in [4.69, 9.17) is 4.74 Å². The molecule has 0 radical (unpaired) electrons. The van der Waals surface area contributed by atoms with Crippen molar-refractivity contribution in [1.29, 1.82) is 0 Å². The molecule has 3 nitrogen and oxygen atoms in total. The molecular weight excluding hydrogens is 240 g/mol. The van der Waals surface area contributed by atoms with Gasteiger partial charge in [-0.2, -0.15) is 0 Å². The van der Waals surface area contributed by atoms with E-state index >= 15 is 0 Å². The first kappa shape index (κ1) is 13.5. The van der Waals surface area contributed by atoms with Crippen molar-refractivity contribution < 1.29 is 14.3 Å². The van der Waals surface area contributed by atoms with Crippen molar-refractivity contribution in [1.82, 2.24) is 0 Å². The quantitative estimate of drug-likeness (QED) is 0.764. The molecule has 2 rings (SSSR count). The number of hydrogen-bond donors (Lipinski definition) is 0. The number of allylic oxidation sites excluding steroid dienone is 2. The Balaban J connectivity index is 2.51. The zero-order valence-corrected chi connectivity index (χ0v) is 11.5. The van der Waals surface area contributed by atoms with E-state index in [1.54, 1.807) is 0 Å². The molecule has 19 heavy (non-hydrogen) atoms. The zero-order valence-electron chi connectivity index (χ0n) is 11.5. The van der Waals surface area contributed by atoms with E-state index in [9.17, 15) is 9.59 Å². The summed E-state index contributed by atoms with van der Waals surface area (Å²) in [6.45, 7) is 5.38. The molecule has 0 fully saturated rings. The third-order valence-electron chi connectivity index (χ3n) is 3.17. The summed E-state index contributed by atoms with van der Waals surface area (Å²) in [6.07, 6.45) is 1.07. The molecule has 0 bridgehead atoms. The van der Waals surface area contributed by atoms with Crippen molar-refractivity contribution in [3.05, 3.63) is 41.7 Å². The SMILES string of the molecule is CC(=O)OC1=C(c2ccccc2)C(=O)CC(C)(C)C1. The van der Waals surface area contributed by atoms with Gasteiger partial charge in [0.25, 0.3) is 0 Å². The fraction of sp³-hybridized carbons (Fsp3) is 0.375. The lowest BCUT2D eigenvalue weighted by Crippen LogP contribution is -2.26. The average Bonchev–Trinajstić information content (AvgIpc) is 2.27. The molecule has 1 aliphatic carbocycles. The van der Waals surface area contributed by atoms with Gasteiger partial charge in [0.05, 0.1) is 5.57 Å². The van der Waals surface area contributed by atoms with E-state index < -0.39 is 0 Å². The monoisotopic (exact) mass is 258 g/mol. The molecule has 0 amide bonds. The number of benzene rings is 1. The van der Waals surface area contributed by atoms with Crippen molar-refractivity contribution in [2.75, 3.05) is 0 Å². The highest BCUT2D eigenvalue weighted by Gasteiger charge is 2.35. The first-order valence-electron chi connectivity index (χ1n) is 6.39. The summed E-state index contributed by atoms with van der Waals surface area (Å²) >= 11 is 0. The molecule has 1 aromatic rings. The molecule has 0 saturated carbocycles. The van der Waals surface area contributed by atoms with Gasteiger partial charge < -0.3 is 4.74 Å². The van der Waals surface area contributed by atoms with Gasteiger partial charge >= 0.3 is 5.97 Å². The number of Topliss-reactive ketones (excluding diaryl/α,β-unsaturated/α-hetero) is 1. The Kier molecular flexibility index (Phi) is 3.56. The minimum absolute atomic E-state index is 0.0405. The van der Waals surface area contributed by atoms with E-state index in [0.29, 0.717) is 24.2 Å². The lowest BCUT2D eigenvalue weighted by Gasteiger charge is -2.31. The smallest absolute Gasteiger partial charge is 0.307 e. The topological polar surface area (TPSA) is 43.4 Å². The van der Waals surface area contributed by atoms with Crippen molar-refractivity contribution in [3.8, 4) is 0 Å². The molecule has 0 aromatic heterocycles. The zero-order chi connectivity index (χ0) is 14.0. The van der Waals surface area contributed by atoms with Crippen LogP contribution >= 0.6 is 0 Å². The number of hydrogen-bond acceptors (Lipinski definition) is 3. The van der Waals surface area contributed by atoms with Crippen LogP contribution in [-0.2, 0) is 14.3 Å². The van der Waals surface area contributed by atoms with Crippen molar-refractivity contribution in [3.63, 3.8) is 0 Å². The summed E-state index contributed by atoms with van der Waals surface area (Å²) in [6, 6.07) is 9.39. The number of esters is 1. The summed E-state index contributed by atoms with van der Waals surface area (Å²) in [5.41, 5.74) is 1.20. The molecule has 0 unspecified atom stereocenters. The summed E-state index contributed by atoms with van der Waals surface area (Å²) in [4.78, 5) is 23.6. The van der Waals surface area contributed by atoms with Gasteiger partial charge in [-0.1, -0.05) is 44.2 Å². The van der Waals surface area contributed by atoms with Crippen LogP contribution in [0.5, 0.6) is 0 Å². The van der Waals surface area contributed by atoms with E-state index in [2.05, 4.69) is 0 Å². The van der Waals surface area contributed by atoms with Crippen LogP contribution in [0.1, 0.15) is 39.2 Å². The number of ether oxygens (including phenoxy) is 1. The minimum Gasteiger partial charge on any atom is -0.430 e. The highest BCUT2D eigenvalue weighted by molar-refractivity contribution is 6.22. The molecule has 100 valence electrons. The molecule has 3 heteroatoms. The highest BCUT2D eigenvalue weighted by atomic mass is 16.5. The summed E-state index contributed by atoms with van der Waals surface area (Å²) in [5.74, 6) is 0.160. The molecule has 0 atom stereocenters. The number of ketones is 1. The fourth-order valence-corrected chi connectivity index (χ4v) is 2.45. The Morgan fingerprint density at radius 2 is 1.79 bits per heavy atom. The fourth-order valence-electron chi connectivity index (χ4n) is 2.45.